The number of aliphatic hydroxyl groups is 1. The van der Waals surface area contributed by atoms with Crippen LogP contribution in [-0.4, -0.2) is 49.4 Å². The largest absolute Gasteiger partial charge is 0.465 e. The molecule has 0 atom stereocenters. The Hall–Kier alpha value is -3.19. The maximum Gasteiger partial charge on any atom is 0.305 e. The van der Waals surface area contributed by atoms with E-state index in [4.69, 9.17) is 14.2 Å². The molecular formula is C59H102O7. The molecule has 0 aliphatic carbocycles. The molecule has 0 rings (SSSR count). The first-order valence-corrected chi connectivity index (χ1v) is 27.4. The monoisotopic (exact) mass is 923 g/mol. The minimum atomic E-state index is -1.21. The molecule has 0 fully saturated rings. The molecule has 0 unspecified atom stereocenters. The summed E-state index contributed by atoms with van der Waals surface area (Å²) < 4.78 is 17.0. The summed E-state index contributed by atoms with van der Waals surface area (Å²) >= 11 is 0. The summed E-state index contributed by atoms with van der Waals surface area (Å²) in [4.78, 5) is 38.4. The van der Waals surface area contributed by atoms with Crippen LogP contribution in [0.5, 0.6) is 0 Å². The number of ether oxygens (including phenoxy) is 3. The lowest BCUT2D eigenvalue weighted by Gasteiger charge is -2.30. The van der Waals surface area contributed by atoms with E-state index in [1.807, 2.05) is 0 Å². The third kappa shape index (κ3) is 45.9. The molecule has 1 N–H and O–H groups in total. The molecule has 0 radical (unpaired) electrons. The Labute approximate surface area is 406 Å². The van der Waals surface area contributed by atoms with Gasteiger partial charge in [0.25, 0.3) is 0 Å². The normalized spacial score (nSPS) is 13.1. The van der Waals surface area contributed by atoms with Gasteiger partial charge in [-0.05, 0) is 116 Å². The Kier molecular flexibility index (Phi) is 48.7. The number of allylic oxidation sites excluding steroid dienone is 12. The smallest absolute Gasteiger partial charge is 0.305 e. The van der Waals surface area contributed by atoms with Crippen molar-refractivity contribution in [1.82, 2.24) is 0 Å². The highest BCUT2D eigenvalue weighted by atomic mass is 16.6. The van der Waals surface area contributed by atoms with Crippen LogP contribution in [0, 0.1) is 5.41 Å². The third-order valence-electron chi connectivity index (χ3n) is 11.9. The minimum absolute atomic E-state index is 0.184. The minimum Gasteiger partial charge on any atom is -0.465 e. The average Bonchev–Trinajstić information content (AvgIpc) is 3.32. The van der Waals surface area contributed by atoms with E-state index in [0.29, 0.717) is 0 Å². The first kappa shape index (κ1) is 62.8. The van der Waals surface area contributed by atoms with Crippen LogP contribution in [0.25, 0.3) is 0 Å². The van der Waals surface area contributed by atoms with E-state index in [9.17, 15) is 19.5 Å². The molecule has 0 saturated heterocycles. The predicted molar refractivity (Wildman–Crippen MR) is 280 cm³/mol. The fraction of sp³-hybridized carbons (Fsp3) is 0.746. The van der Waals surface area contributed by atoms with E-state index in [1.165, 1.54) is 77.0 Å². The molecule has 380 valence electrons. The zero-order chi connectivity index (χ0) is 48.1. The van der Waals surface area contributed by atoms with Gasteiger partial charge in [0.05, 0.1) is 12.0 Å². The van der Waals surface area contributed by atoms with Crippen molar-refractivity contribution in [2.45, 2.75) is 252 Å². The zero-order valence-corrected chi connectivity index (χ0v) is 43.1. The standard InChI is InChI=1S/C59H102O7/c1-4-7-10-13-16-19-22-25-28-31-34-37-40-43-46-49-56(61)64-53-59(52-60,54-65-57(62)50-47-44-41-38-35-32-29-26-23-20-17-14-11-8-5-2)55-66-58(63)51-48-45-42-39-36-33-30-27-24-21-18-15-12-9-6-3/h16-21,25-30,60H,4-15,22-24,31-55H2,1-3H3. The molecular weight excluding hydrogens is 821 g/mol. The van der Waals surface area contributed by atoms with Gasteiger partial charge in [-0.1, -0.05) is 190 Å². The number of hydrogen-bond donors (Lipinski definition) is 1. The maximum atomic E-state index is 12.8. The number of esters is 3. The Morgan fingerprint density at radius 3 is 0.803 bits per heavy atom. The third-order valence-corrected chi connectivity index (χ3v) is 11.9. The molecule has 7 heteroatoms. The van der Waals surface area contributed by atoms with Crippen LogP contribution in [0.2, 0.25) is 0 Å². The Bertz CT molecular complexity index is 1120. The van der Waals surface area contributed by atoms with Gasteiger partial charge in [0, 0.05) is 19.3 Å². The summed E-state index contributed by atoms with van der Waals surface area (Å²) in [7, 11) is 0. The molecule has 0 heterocycles. The van der Waals surface area contributed by atoms with Crippen molar-refractivity contribution in [2.75, 3.05) is 26.4 Å². The van der Waals surface area contributed by atoms with Gasteiger partial charge in [0.15, 0.2) is 0 Å². The van der Waals surface area contributed by atoms with Crippen LogP contribution in [0.15, 0.2) is 72.9 Å². The molecule has 0 aromatic carbocycles. The van der Waals surface area contributed by atoms with Gasteiger partial charge in [0.1, 0.15) is 19.8 Å². The van der Waals surface area contributed by atoms with E-state index in [1.54, 1.807) is 0 Å². The van der Waals surface area contributed by atoms with Crippen LogP contribution < -0.4 is 0 Å². The number of carbonyl (C=O) groups excluding carboxylic acids is 3. The summed E-state index contributed by atoms with van der Waals surface area (Å²) in [5.74, 6) is -1.07. The van der Waals surface area contributed by atoms with Crippen molar-refractivity contribution in [1.29, 1.82) is 0 Å². The molecule has 0 aromatic rings. The van der Waals surface area contributed by atoms with Gasteiger partial charge in [-0.25, -0.2) is 0 Å². The van der Waals surface area contributed by atoms with E-state index in [0.717, 1.165) is 135 Å². The van der Waals surface area contributed by atoms with Crippen molar-refractivity contribution >= 4 is 17.9 Å². The van der Waals surface area contributed by atoms with Crippen molar-refractivity contribution in [3.63, 3.8) is 0 Å². The molecule has 0 aliphatic rings. The van der Waals surface area contributed by atoms with Gasteiger partial charge in [-0.2, -0.15) is 0 Å². The van der Waals surface area contributed by atoms with Crippen molar-refractivity contribution in [2.24, 2.45) is 5.41 Å². The van der Waals surface area contributed by atoms with Crippen LogP contribution in [0.1, 0.15) is 252 Å². The molecule has 0 aromatic heterocycles. The molecule has 0 bridgehead atoms. The maximum absolute atomic E-state index is 12.8. The highest BCUT2D eigenvalue weighted by Crippen LogP contribution is 2.22. The van der Waals surface area contributed by atoms with Crippen LogP contribution in [0.4, 0.5) is 0 Å². The van der Waals surface area contributed by atoms with Crippen molar-refractivity contribution in [3.05, 3.63) is 72.9 Å². The second kappa shape index (κ2) is 51.2. The quantitative estimate of drug-likeness (QED) is 0.0281. The fourth-order valence-electron chi connectivity index (χ4n) is 7.42. The molecule has 0 spiro atoms. The lowest BCUT2D eigenvalue weighted by molar-refractivity contribution is -0.165. The van der Waals surface area contributed by atoms with Gasteiger partial charge >= 0.3 is 17.9 Å². The number of rotatable bonds is 49. The highest BCUT2D eigenvalue weighted by Gasteiger charge is 2.35. The number of aliphatic hydroxyl groups excluding tert-OH is 1. The van der Waals surface area contributed by atoms with Gasteiger partial charge in [-0.15, -0.1) is 0 Å². The van der Waals surface area contributed by atoms with E-state index in [-0.39, 0.29) is 57.0 Å². The lowest BCUT2D eigenvalue weighted by Crippen LogP contribution is -2.42. The Morgan fingerprint density at radius 2 is 0.561 bits per heavy atom. The summed E-state index contributed by atoms with van der Waals surface area (Å²) in [6, 6.07) is 0. The Balaban J connectivity index is 4.69. The zero-order valence-electron chi connectivity index (χ0n) is 43.1. The number of unbranched alkanes of at least 4 members (excludes halogenated alkanes) is 24. The first-order valence-electron chi connectivity index (χ1n) is 27.4. The van der Waals surface area contributed by atoms with Gasteiger partial charge < -0.3 is 19.3 Å². The highest BCUT2D eigenvalue weighted by molar-refractivity contribution is 5.70. The molecule has 0 saturated carbocycles. The lowest BCUT2D eigenvalue weighted by atomic mass is 9.92. The van der Waals surface area contributed by atoms with Gasteiger partial charge in [0.2, 0.25) is 0 Å². The fourth-order valence-corrected chi connectivity index (χ4v) is 7.42. The van der Waals surface area contributed by atoms with Crippen LogP contribution in [0.3, 0.4) is 0 Å². The van der Waals surface area contributed by atoms with E-state index >= 15 is 0 Å². The molecule has 7 nitrogen and oxygen atoms in total. The average molecular weight is 923 g/mol. The summed E-state index contributed by atoms with van der Waals surface area (Å²) in [6.07, 6.45) is 64.4. The van der Waals surface area contributed by atoms with Crippen molar-refractivity contribution in [3.8, 4) is 0 Å². The van der Waals surface area contributed by atoms with Crippen LogP contribution >= 0.6 is 0 Å². The van der Waals surface area contributed by atoms with Crippen LogP contribution in [-0.2, 0) is 28.6 Å². The molecule has 0 amide bonds. The molecule has 66 heavy (non-hydrogen) atoms. The van der Waals surface area contributed by atoms with Gasteiger partial charge in [-0.3, -0.25) is 14.4 Å². The summed E-state index contributed by atoms with van der Waals surface area (Å²) in [5.41, 5.74) is -1.21. The Morgan fingerprint density at radius 1 is 0.333 bits per heavy atom. The summed E-state index contributed by atoms with van der Waals surface area (Å²) in [5, 5.41) is 10.6. The summed E-state index contributed by atoms with van der Waals surface area (Å²) in [6.45, 7) is 5.70. The van der Waals surface area contributed by atoms with E-state index in [2.05, 4.69) is 93.7 Å². The van der Waals surface area contributed by atoms with E-state index < -0.39 is 12.0 Å². The number of carbonyl (C=O) groups is 3. The second-order valence-corrected chi connectivity index (χ2v) is 18.6. The number of hydrogen-bond acceptors (Lipinski definition) is 7. The topological polar surface area (TPSA) is 99.1 Å². The SMILES string of the molecule is CCCCCC=CCC=CCCCCCCCC(=O)OCC(CO)(COC(=O)CCCCCCCC=CCC=CCCCCC)COC(=O)CCCCCCCC=CCC=CCCCCC. The predicted octanol–water partition coefficient (Wildman–Crippen LogP) is 17.0. The molecule has 0 aliphatic heterocycles. The second-order valence-electron chi connectivity index (χ2n) is 18.6. The van der Waals surface area contributed by atoms with Crippen molar-refractivity contribution < 1.29 is 33.7 Å². The first-order chi connectivity index (χ1) is 32.4.